The zero-order valence-electron chi connectivity index (χ0n) is 22.6. The first-order valence-corrected chi connectivity index (χ1v) is 14.1. The predicted octanol–water partition coefficient (Wildman–Crippen LogP) is 2.08. The molecule has 10 heteroatoms. The first-order chi connectivity index (χ1) is 17.7. The van der Waals surface area contributed by atoms with Crippen molar-refractivity contribution in [2.24, 2.45) is 23.7 Å². The van der Waals surface area contributed by atoms with Gasteiger partial charge in [0, 0.05) is 31.8 Å². The number of amides is 2. The molecule has 0 aromatic heterocycles. The van der Waals surface area contributed by atoms with Crippen molar-refractivity contribution in [1.29, 1.82) is 0 Å². The third-order valence-corrected chi connectivity index (χ3v) is 9.08. The number of carbonyl (C=O) groups is 2. The van der Waals surface area contributed by atoms with Gasteiger partial charge in [0.15, 0.2) is 18.9 Å². The summed E-state index contributed by atoms with van der Waals surface area (Å²) < 4.78 is 29.9. The minimum atomic E-state index is -0.533. The van der Waals surface area contributed by atoms with Gasteiger partial charge in [0.1, 0.15) is 24.4 Å². The zero-order chi connectivity index (χ0) is 26.3. The van der Waals surface area contributed by atoms with E-state index >= 15 is 0 Å². The molecule has 3 heterocycles. The fraction of sp³-hybridized carbons (Fsp3) is 0.926. The van der Waals surface area contributed by atoms with Crippen molar-refractivity contribution in [3.63, 3.8) is 0 Å². The number of aliphatic hydroxyl groups excluding tert-OH is 1. The monoisotopic (exact) mass is 524 g/mol. The Hall–Kier alpha value is -1.30. The molecule has 0 radical (unpaired) electrons. The van der Waals surface area contributed by atoms with Crippen molar-refractivity contribution >= 4 is 11.8 Å². The highest BCUT2D eigenvalue weighted by Gasteiger charge is 2.58. The molecular formula is C27H44N2O8. The van der Waals surface area contributed by atoms with Gasteiger partial charge in [0.05, 0.1) is 13.3 Å². The number of aliphatic hydroxyl groups is 1. The summed E-state index contributed by atoms with van der Waals surface area (Å²) in [6.07, 6.45) is 4.41. The van der Waals surface area contributed by atoms with Gasteiger partial charge < -0.3 is 38.6 Å². The van der Waals surface area contributed by atoms with Crippen molar-refractivity contribution in [1.82, 2.24) is 9.80 Å². The van der Waals surface area contributed by atoms with Gasteiger partial charge in [0.25, 0.3) is 0 Å². The molecule has 7 unspecified atom stereocenters. The number of fused-ring (bicyclic) bond motifs is 3. The topological polar surface area (TPSA) is 107 Å². The summed E-state index contributed by atoms with van der Waals surface area (Å²) in [7, 11) is 3.61. The van der Waals surface area contributed by atoms with E-state index in [-0.39, 0.29) is 54.7 Å². The first kappa shape index (κ1) is 27.3. The maximum Gasteiger partial charge on any atom is 0.226 e. The van der Waals surface area contributed by atoms with E-state index in [4.69, 9.17) is 23.7 Å². The Morgan fingerprint density at radius 1 is 0.703 bits per heavy atom. The van der Waals surface area contributed by atoms with Crippen molar-refractivity contribution in [3.05, 3.63) is 0 Å². The summed E-state index contributed by atoms with van der Waals surface area (Å²) in [5.74, 6) is 1.20. The number of carbonyl (C=O) groups excluding carboxylic acids is 2. The van der Waals surface area contributed by atoms with E-state index in [2.05, 4.69) is 6.92 Å². The van der Waals surface area contributed by atoms with Crippen LogP contribution in [0.5, 0.6) is 0 Å². The van der Waals surface area contributed by atoms with E-state index in [9.17, 15) is 14.7 Å². The molecule has 5 aliphatic rings. The number of hydrogen-bond donors (Lipinski definition) is 1. The molecule has 10 nitrogen and oxygen atoms in total. The second kappa shape index (κ2) is 11.4. The Bertz CT molecular complexity index is 812. The molecule has 37 heavy (non-hydrogen) atoms. The van der Waals surface area contributed by atoms with E-state index in [0.717, 1.165) is 51.4 Å². The highest BCUT2D eigenvalue weighted by atomic mass is 16.8. The summed E-state index contributed by atoms with van der Waals surface area (Å²) >= 11 is 0. The maximum absolute atomic E-state index is 13.2. The molecule has 2 saturated carbocycles. The highest BCUT2D eigenvalue weighted by Crippen LogP contribution is 2.43. The summed E-state index contributed by atoms with van der Waals surface area (Å²) in [5.41, 5.74) is 0. The molecule has 210 valence electrons. The van der Waals surface area contributed by atoms with Gasteiger partial charge >= 0.3 is 0 Å². The maximum atomic E-state index is 13.2. The van der Waals surface area contributed by atoms with Crippen molar-refractivity contribution < 1.29 is 38.4 Å². The van der Waals surface area contributed by atoms with E-state index in [1.165, 1.54) is 0 Å². The van der Waals surface area contributed by atoms with Crippen LogP contribution in [0, 0.1) is 23.7 Å². The van der Waals surface area contributed by atoms with Gasteiger partial charge in [-0.3, -0.25) is 9.59 Å². The lowest BCUT2D eigenvalue weighted by molar-refractivity contribution is -0.298. The van der Waals surface area contributed by atoms with Crippen LogP contribution in [0.4, 0.5) is 0 Å². The number of hydrogen-bond acceptors (Lipinski definition) is 8. The number of nitrogens with zero attached hydrogens (tertiary/aromatic N) is 2. The average Bonchev–Trinajstić information content (AvgIpc) is 3.46. The molecule has 3 saturated heterocycles. The van der Waals surface area contributed by atoms with Crippen LogP contribution in [0.2, 0.25) is 0 Å². The second-order valence-electron chi connectivity index (χ2n) is 11.9. The minimum Gasteiger partial charge on any atom is -0.394 e. The highest BCUT2D eigenvalue weighted by molar-refractivity contribution is 5.81. The molecule has 7 atom stereocenters. The summed E-state index contributed by atoms with van der Waals surface area (Å²) in [6, 6.07) is 0. The van der Waals surface area contributed by atoms with Gasteiger partial charge in [-0.2, -0.15) is 0 Å². The first-order valence-electron chi connectivity index (χ1n) is 14.1. The van der Waals surface area contributed by atoms with Gasteiger partial charge in [-0.15, -0.1) is 0 Å². The van der Waals surface area contributed by atoms with Gasteiger partial charge in [-0.25, -0.2) is 0 Å². The number of rotatable bonds is 6. The fourth-order valence-electron chi connectivity index (χ4n) is 6.85. The summed E-state index contributed by atoms with van der Waals surface area (Å²) in [4.78, 5) is 29.5. The van der Waals surface area contributed by atoms with E-state index in [0.29, 0.717) is 12.6 Å². The van der Waals surface area contributed by atoms with E-state index in [1.54, 1.807) is 23.8 Å². The SMILES string of the molecule is CC1CCC(C(=O)N(C)CN(C)C(=O)C2CCC(C3OC4OC5C(CO)OC(C)OC5C4O3)CC2)CC1. The van der Waals surface area contributed by atoms with Crippen LogP contribution < -0.4 is 0 Å². The van der Waals surface area contributed by atoms with Gasteiger partial charge in [-0.1, -0.05) is 6.92 Å². The van der Waals surface area contributed by atoms with Crippen LogP contribution in [-0.4, -0.2) is 97.4 Å². The van der Waals surface area contributed by atoms with Crippen LogP contribution in [-0.2, 0) is 33.3 Å². The van der Waals surface area contributed by atoms with Crippen LogP contribution in [0.1, 0.15) is 65.2 Å². The third-order valence-electron chi connectivity index (χ3n) is 9.08. The molecule has 3 aliphatic heterocycles. The van der Waals surface area contributed by atoms with Gasteiger partial charge in [0.2, 0.25) is 11.8 Å². The molecule has 2 aliphatic carbocycles. The fourth-order valence-corrected chi connectivity index (χ4v) is 6.85. The lowest BCUT2D eigenvalue weighted by Crippen LogP contribution is -2.52. The van der Waals surface area contributed by atoms with Crippen LogP contribution in [0.15, 0.2) is 0 Å². The Kier molecular flexibility index (Phi) is 8.43. The smallest absolute Gasteiger partial charge is 0.226 e. The van der Waals surface area contributed by atoms with Crippen molar-refractivity contribution in [2.45, 2.75) is 108 Å². The van der Waals surface area contributed by atoms with Crippen LogP contribution in [0.25, 0.3) is 0 Å². The van der Waals surface area contributed by atoms with E-state index in [1.807, 2.05) is 7.05 Å². The van der Waals surface area contributed by atoms with Gasteiger partial charge in [-0.05, 0) is 64.2 Å². The lowest BCUT2D eigenvalue weighted by Gasteiger charge is -2.38. The third kappa shape index (κ3) is 5.70. The second-order valence-corrected chi connectivity index (χ2v) is 11.9. The van der Waals surface area contributed by atoms with Crippen molar-refractivity contribution in [3.8, 4) is 0 Å². The molecule has 2 amide bonds. The molecular weight excluding hydrogens is 480 g/mol. The quantitative estimate of drug-likeness (QED) is 0.527. The predicted molar refractivity (Wildman–Crippen MR) is 132 cm³/mol. The Labute approximate surface area is 219 Å². The standard InChI is InChI=1S/C27H44N2O8/c1-15-5-7-17(8-6-15)24(31)28(3)14-29(4)25(32)18-9-11-19(12-10-18)26-36-23-22-21(35-27(23)37-26)20(13-30)33-16(2)34-22/h15-23,26-27,30H,5-14H2,1-4H3. The molecule has 0 spiro atoms. The molecule has 0 aromatic rings. The van der Waals surface area contributed by atoms with E-state index < -0.39 is 24.8 Å². The molecule has 0 bridgehead atoms. The Morgan fingerprint density at radius 3 is 1.86 bits per heavy atom. The summed E-state index contributed by atoms with van der Waals surface area (Å²) in [5, 5.41) is 9.63. The largest absolute Gasteiger partial charge is 0.394 e. The number of ether oxygens (including phenoxy) is 5. The van der Waals surface area contributed by atoms with Crippen LogP contribution >= 0.6 is 0 Å². The molecule has 5 rings (SSSR count). The lowest BCUT2D eigenvalue weighted by atomic mass is 9.81. The Morgan fingerprint density at radius 2 is 1.27 bits per heavy atom. The molecule has 1 N–H and O–H groups in total. The minimum absolute atomic E-state index is 0.0493. The zero-order valence-corrected chi connectivity index (χ0v) is 22.6. The normalized spacial score (nSPS) is 43.6. The summed E-state index contributed by atoms with van der Waals surface area (Å²) in [6.45, 7) is 4.24. The van der Waals surface area contributed by atoms with Crippen molar-refractivity contribution in [2.75, 3.05) is 27.4 Å². The molecule has 0 aromatic carbocycles. The average molecular weight is 525 g/mol. The Balaban J connectivity index is 1.07. The molecule has 5 fully saturated rings. The van der Waals surface area contributed by atoms with Crippen LogP contribution in [0.3, 0.4) is 0 Å².